The Labute approximate surface area is 249 Å². The highest BCUT2D eigenvalue weighted by Crippen LogP contribution is 2.26. The summed E-state index contributed by atoms with van der Waals surface area (Å²) in [4.78, 5) is 45.4. The van der Waals surface area contributed by atoms with Crippen LogP contribution >= 0.6 is 63.7 Å². The quantitative estimate of drug-likeness (QED) is 0.125. The number of imidazole rings is 2. The van der Waals surface area contributed by atoms with E-state index in [1.165, 1.54) is 0 Å². The third-order valence-corrected chi connectivity index (χ3v) is 7.16. The zero-order valence-electron chi connectivity index (χ0n) is 19.3. The van der Waals surface area contributed by atoms with Gasteiger partial charge in [-0.2, -0.15) is 0 Å². The highest BCUT2D eigenvalue weighted by atomic mass is 79.9. The van der Waals surface area contributed by atoms with Gasteiger partial charge >= 0.3 is 0 Å². The maximum atomic E-state index is 12.6. The molecule has 0 atom stereocenters. The van der Waals surface area contributed by atoms with Crippen LogP contribution in [0.15, 0.2) is 48.6 Å². The van der Waals surface area contributed by atoms with Gasteiger partial charge in [0, 0.05) is 27.6 Å². The third-order valence-electron chi connectivity index (χ3n) is 5.05. The number of aromatic amines is 4. The standard InChI is InChI=1S/C22H20Br4N10O2/c23-10-6-14(25)34-17(10)19(37)29-4-1-2-12-16(36-22(28)32-12)9(13-8-31-21(27)33-13)3-5-30-20(38)18-11(24)7-15(26)35-18/h1-3,6-8,34-35H,4-5H2,(H,29,37)(H,30,38)(H3,27,31,33)(H3,28,32,36)/b2-1+,9-3+. The van der Waals surface area contributed by atoms with Gasteiger partial charge in [0.15, 0.2) is 11.9 Å². The molecule has 0 bridgehead atoms. The number of hydrogen-bond donors (Lipinski definition) is 8. The van der Waals surface area contributed by atoms with E-state index in [0.29, 0.717) is 52.2 Å². The number of nitrogens with two attached hydrogens (primary N) is 2. The fourth-order valence-corrected chi connectivity index (χ4v) is 5.90. The molecule has 0 radical (unpaired) electrons. The molecule has 12 nitrogen and oxygen atoms in total. The molecular formula is C22H20Br4N10O2. The van der Waals surface area contributed by atoms with Gasteiger partial charge in [0.25, 0.3) is 11.8 Å². The normalized spacial score (nSPS) is 11.8. The van der Waals surface area contributed by atoms with Crippen LogP contribution in [0.5, 0.6) is 0 Å². The SMILES string of the molecule is Nc1ncc(/C(=C\CNC(=O)c2[nH]c(Br)cc2Br)c2nc(N)[nH]c2/C=C/CNC(=O)c2[nH]c(Br)cc2Br)[nH]1. The van der Waals surface area contributed by atoms with Crippen LogP contribution in [0.2, 0.25) is 0 Å². The first-order valence-corrected chi connectivity index (χ1v) is 14.0. The molecule has 0 fully saturated rings. The van der Waals surface area contributed by atoms with E-state index in [1.54, 1.807) is 36.6 Å². The van der Waals surface area contributed by atoms with Crippen molar-refractivity contribution >= 4 is 99.1 Å². The summed E-state index contributed by atoms with van der Waals surface area (Å²) in [6.45, 7) is 0.412. The Balaban J connectivity index is 1.52. The third kappa shape index (κ3) is 6.67. The Morgan fingerprint density at radius 1 is 0.868 bits per heavy atom. The van der Waals surface area contributed by atoms with Crippen molar-refractivity contribution in [1.82, 2.24) is 40.5 Å². The first-order chi connectivity index (χ1) is 18.1. The molecule has 4 aromatic rings. The van der Waals surface area contributed by atoms with Gasteiger partial charge in [-0.1, -0.05) is 12.2 Å². The van der Waals surface area contributed by atoms with Crippen LogP contribution in [0.25, 0.3) is 11.6 Å². The van der Waals surface area contributed by atoms with Crippen molar-refractivity contribution in [3.05, 3.63) is 77.1 Å². The summed E-state index contributed by atoms with van der Waals surface area (Å²) < 4.78 is 2.63. The monoisotopic (exact) mass is 772 g/mol. The highest BCUT2D eigenvalue weighted by molar-refractivity contribution is 9.11. The fraction of sp³-hybridized carbons (Fsp3) is 0.0909. The van der Waals surface area contributed by atoms with Gasteiger partial charge in [-0.25, -0.2) is 9.97 Å². The Hall–Kier alpha value is -3.08. The number of amides is 2. The minimum atomic E-state index is -0.305. The second kappa shape index (κ2) is 12.2. The number of carbonyl (C=O) groups is 2. The predicted molar refractivity (Wildman–Crippen MR) is 159 cm³/mol. The van der Waals surface area contributed by atoms with Crippen LogP contribution < -0.4 is 22.1 Å². The smallest absolute Gasteiger partial charge is 0.269 e. The molecule has 0 aromatic carbocycles. The summed E-state index contributed by atoms with van der Waals surface area (Å²) in [6.07, 6.45) is 6.83. The first-order valence-electron chi connectivity index (χ1n) is 10.8. The number of aromatic nitrogens is 6. The molecule has 0 saturated heterocycles. The minimum absolute atomic E-state index is 0.169. The van der Waals surface area contributed by atoms with Gasteiger partial charge in [-0.3, -0.25) is 9.59 Å². The van der Waals surface area contributed by atoms with Crippen molar-refractivity contribution in [2.45, 2.75) is 0 Å². The van der Waals surface area contributed by atoms with Crippen LogP contribution in [-0.2, 0) is 0 Å². The molecule has 0 unspecified atom stereocenters. The summed E-state index contributed by atoms with van der Waals surface area (Å²) in [5.41, 5.74) is 14.8. The number of carbonyl (C=O) groups excluding carboxylic acids is 2. The number of halogens is 4. The molecule has 0 aliphatic rings. The molecule has 38 heavy (non-hydrogen) atoms. The van der Waals surface area contributed by atoms with Crippen molar-refractivity contribution in [2.24, 2.45) is 0 Å². The van der Waals surface area contributed by atoms with E-state index in [9.17, 15) is 9.59 Å². The van der Waals surface area contributed by atoms with E-state index < -0.39 is 0 Å². The number of H-pyrrole nitrogens is 4. The Morgan fingerprint density at radius 3 is 2.00 bits per heavy atom. The van der Waals surface area contributed by atoms with Crippen molar-refractivity contribution < 1.29 is 9.59 Å². The zero-order chi connectivity index (χ0) is 27.4. The maximum Gasteiger partial charge on any atom is 0.269 e. The molecule has 0 aliphatic carbocycles. The van der Waals surface area contributed by atoms with E-state index in [0.717, 1.165) is 0 Å². The van der Waals surface area contributed by atoms with Crippen molar-refractivity contribution in [1.29, 1.82) is 0 Å². The summed E-state index contributed by atoms with van der Waals surface area (Å²) in [5, 5.41) is 5.64. The van der Waals surface area contributed by atoms with Gasteiger partial charge in [0.2, 0.25) is 0 Å². The van der Waals surface area contributed by atoms with Gasteiger partial charge in [-0.05, 0) is 81.9 Å². The summed E-state index contributed by atoms with van der Waals surface area (Å²) in [6, 6.07) is 3.49. The minimum Gasteiger partial charge on any atom is -0.369 e. The Kier molecular flexibility index (Phi) is 8.96. The van der Waals surface area contributed by atoms with Crippen LogP contribution in [0.1, 0.15) is 38.1 Å². The number of nitrogen functional groups attached to an aromatic ring is 2. The van der Waals surface area contributed by atoms with E-state index >= 15 is 0 Å². The van der Waals surface area contributed by atoms with Crippen LogP contribution in [0.3, 0.4) is 0 Å². The second-order valence-corrected chi connectivity index (χ2v) is 11.1. The molecule has 4 rings (SSSR count). The molecule has 4 heterocycles. The van der Waals surface area contributed by atoms with Crippen LogP contribution in [0, 0.1) is 0 Å². The van der Waals surface area contributed by atoms with E-state index in [2.05, 4.69) is 104 Å². The Morgan fingerprint density at radius 2 is 1.47 bits per heavy atom. The van der Waals surface area contributed by atoms with E-state index in [-0.39, 0.29) is 36.8 Å². The summed E-state index contributed by atoms with van der Waals surface area (Å²) in [7, 11) is 0. The van der Waals surface area contributed by atoms with Crippen LogP contribution in [-0.4, -0.2) is 54.8 Å². The molecule has 16 heteroatoms. The second-order valence-electron chi connectivity index (χ2n) is 7.69. The number of anilines is 2. The van der Waals surface area contributed by atoms with Crippen molar-refractivity contribution in [2.75, 3.05) is 24.6 Å². The van der Waals surface area contributed by atoms with Crippen molar-refractivity contribution in [3.63, 3.8) is 0 Å². The lowest BCUT2D eigenvalue weighted by Crippen LogP contribution is -2.24. The van der Waals surface area contributed by atoms with E-state index in [4.69, 9.17) is 11.5 Å². The topological polar surface area (TPSA) is 199 Å². The maximum absolute atomic E-state index is 12.6. The van der Waals surface area contributed by atoms with Gasteiger partial charge in [-0.15, -0.1) is 0 Å². The molecule has 4 aromatic heterocycles. The van der Waals surface area contributed by atoms with Crippen molar-refractivity contribution in [3.8, 4) is 0 Å². The van der Waals surface area contributed by atoms with Gasteiger partial charge < -0.3 is 42.0 Å². The molecule has 2 amide bonds. The highest BCUT2D eigenvalue weighted by Gasteiger charge is 2.17. The molecular weight excluding hydrogens is 756 g/mol. The van der Waals surface area contributed by atoms with Crippen LogP contribution in [0.4, 0.5) is 11.9 Å². The largest absolute Gasteiger partial charge is 0.369 e. The molecule has 0 saturated carbocycles. The first kappa shape index (κ1) is 27.9. The summed E-state index contributed by atoms with van der Waals surface area (Å²) in [5.74, 6) is -0.172. The molecule has 198 valence electrons. The fourth-order valence-electron chi connectivity index (χ4n) is 3.42. The lowest BCUT2D eigenvalue weighted by atomic mass is 10.1. The average Bonchev–Trinajstić information content (AvgIpc) is 3.61. The lowest BCUT2D eigenvalue weighted by molar-refractivity contribution is 0.0944. The zero-order valence-corrected chi connectivity index (χ0v) is 25.6. The van der Waals surface area contributed by atoms with Gasteiger partial charge in [0.1, 0.15) is 11.4 Å². The number of nitrogens with one attached hydrogen (secondary N) is 6. The van der Waals surface area contributed by atoms with E-state index in [1.807, 2.05) is 0 Å². The average molecular weight is 776 g/mol. The van der Waals surface area contributed by atoms with Gasteiger partial charge in [0.05, 0.1) is 32.5 Å². The number of nitrogens with zero attached hydrogens (tertiary/aromatic N) is 2. The number of hydrogen-bond acceptors (Lipinski definition) is 6. The number of rotatable bonds is 9. The molecule has 0 aliphatic heterocycles. The lowest BCUT2D eigenvalue weighted by Gasteiger charge is -2.06. The molecule has 10 N–H and O–H groups in total. The predicted octanol–water partition coefficient (Wildman–Crippen LogP) is 4.31. The molecule has 0 spiro atoms. The Bertz CT molecular complexity index is 1540. The summed E-state index contributed by atoms with van der Waals surface area (Å²) >= 11 is 13.3.